The Bertz CT molecular complexity index is 852. The van der Waals surface area contributed by atoms with Gasteiger partial charge in [0.1, 0.15) is 5.58 Å². The third-order valence-electron chi connectivity index (χ3n) is 4.67. The predicted molar refractivity (Wildman–Crippen MR) is 92.7 cm³/mol. The Kier molecular flexibility index (Phi) is 3.32. The molecule has 2 aromatic carbocycles. The van der Waals surface area contributed by atoms with E-state index in [9.17, 15) is 0 Å². The van der Waals surface area contributed by atoms with Crippen molar-refractivity contribution in [1.82, 2.24) is 0 Å². The number of hydrogen-bond acceptors (Lipinski definition) is 3. The predicted octanol–water partition coefficient (Wildman–Crippen LogP) is 4.01. The largest absolute Gasteiger partial charge is 0.494 e. The lowest BCUT2D eigenvalue weighted by atomic mass is 9.78. The van der Waals surface area contributed by atoms with Crippen molar-refractivity contribution in [2.24, 2.45) is 0 Å². The Hall–Kier alpha value is -2.04. The first-order valence-corrected chi connectivity index (χ1v) is 7.94. The Labute approximate surface area is 136 Å². The van der Waals surface area contributed by atoms with Gasteiger partial charge >= 0.3 is 7.12 Å². The Morgan fingerprint density at radius 3 is 2.65 bits per heavy atom. The van der Waals surface area contributed by atoms with Crippen LogP contribution in [0.1, 0.15) is 20.8 Å². The second-order valence-corrected chi connectivity index (χ2v) is 6.60. The summed E-state index contributed by atoms with van der Waals surface area (Å²) in [5.74, 6) is 0. The van der Waals surface area contributed by atoms with Crippen LogP contribution in [0, 0.1) is 0 Å². The van der Waals surface area contributed by atoms with Crippen LogP contribution in [-0.2, 0) is 9.31 Å². The third kappa shape index (κ3) is 2.48. The van der Waals surface area contributed by atoms with Gasteiger partial charge in [0.15, 0.2) is 0 Å². The van der Waals surface area contributed by atoms with Gasteiger partial charge in [-0.15, -0.1) is 0 Å². The highest BCUT2D eigenvalue weighted by Crippen LogP contribution is 2.31. The van der Waals surface area contributed by atoms with Crippen LogP contribution in [0.4, 0.5) is 0 Å². The van der Waals surface area contributed by atoms with Crippen LogP contribution in [0.25, 0.3) is 22.1 Å². The maximum Gasteiger partial charge on any atom is 0.494 e. The Morgan fingerprint density at radius 1 is 1.04 bits per heavy atom. The average Bonchev–Trinajstić information content (AvgIpc) is 3.09. The molecule has 0 aliphatic carbocycles. The summed E-state index contributed by atoms with van der Waals surface area (Å²) >= 11 is 0. The zero-order chi connectivity index (χ0) is 16.0. The van der Waals surface area contributed by atoms with Crippen molar-refractivity contribution in [1.29, 1.82) is 0 Å². The van der Waals surface area contributed by atoms with Gasteiger partial charge in [0.05, 0.1) is 18.0 Å². The highest BCUT2D eigenvalue weighted by atomic mass is 16.7. The maximum absolute atomic E-state index is 6.06. The molecule has 0 N–H and O–H groups in total. The molecule has 3 nitrogen and oxygen atoms in total. The fraction of sp³-hybridized carbons (Fsp3) is 0.263. The van der Waals surface area contributed by atoms with Crippen LogP contribution in [0.15, 0.2) is 59.2 Å². The van der Waals surface area contributed by atoms with Crippen LogP contribution in [0.5, 0.6) is 0 Å². The highest BCUT2D eigenvalue weighted by molar-refractivity contribution is 6.62. The molecule has 1 fully saturated rings. The SMILES string of the molecule is CC1OB(c2cccc(-c3coc4ccccc34)c2)OC1(C)C. The zero-order valence-electron chi connectivity index (χ0n) is 13.6. The van der Waals surface area contributed by atoms with E-state index in [1.807, 2.05) is 43.5 Å². The first-order chi connectivity index (χ1) is 11.0. The number of benzene rings is 2. The summed E-state index contributed by atoms with van der Waals surface area (Å²) in [5.41, 5.74) is 3.86. The van der Waals surface area contributed by atoms with Gasteiger partial charge in [-0.1, -0.05) is 42.5 Å². The van der Waals surface area contributed by atoms with Gasteiger partial charge in [0.2, 0.25) is 0 Å². The standard InChI is InChI=1S/C19H19BO3/c1-13-19(2,3)23-20(22-13)15-8-6-7-14(11-15)17-12-21-18-10-5-4-9-16(17)18/h4-13H,1-3H3. The van der Waals surface area contributed by atoms with Gasteiger partial charge in [-0.2, -0.15) is 0 Å². The molecule has 1 saturated heterocycles. The molecule has 4 heteroatoms. The Morgan fingerprint density at radius 2 is 1.87 bits per heavy atom. The van der Waals surface area contributed by atoms with E-state index in [2.05, 4.69) is 32.0 Å². The van der Waals surface area contributed by atoms with Gasteiger partial charge < -0.3 is 13.7 Å². The smallest absolute Gasteiger partial charge is 0.464 e. The van der Waals surface area contributed by atoms with E-state index in [-0.39, 0.29) is 18.8 Å². The normalized spacial score (nSPS) is 20.3. The summed E-state index contributed by atoms with van der Waals surface area (Å²) in [6.45, 7) is 6.17. The lowest BCUT2D eigenvalue weighted by molar-refractivity contribution is 0.0842. The molecule has 1 aromatic heterocycles. The summed E-state index contributed by atoms with van der Waals surface area (Å²) < 4.78 is 17.7. The van der Waals surface area contributed by atoms with Crippen molar-refractivity contribution >= 4 is 23.6 Å². The quantitative estimate of drug-likeness (QED) is 0.670. The van der Waals surface area contributed by atoms with Crippen molar-refractivity contribution in [3.63, 3.8) is 0 Å². The fourth-order valence-corrected chi connectivity index (χ4v) is 2.95. The molecule has 0 bridgehead atoms. The molecule has 3 aromatic rings. The number of hydrogen-bond donors (Lipinski definition) is 0. The van der Waals surface area contributed by atoms with Crippen LogP contribution < -0.4 is 5.46 Å². The molecular formula is C19H19BO3. The van der Waals surface area contributed by atoms with E-state index in [1.54, 1.807) is 0 Å². The number of furan rings is 1. The Balaban J connectivity index is 1.72. The van der Waals surface area contributed by atoms with Gasteiger partial charge in [-0.3, -0.25) is 0 Å². The highest BCUT2D eigenvalue weighted by Gasteiger charge is 2.43. The van der Waals surface area contributed by atoms with E-state index < -0.39 is 0 Å². The first-order valence-electron chi connectivity index (χ1n) is 7.94. The number of fused-ring (bicyclic) bond motifs is 1. The fourth-order valence-electron chi connectivity index (χ4n) is 2.95. The van der Waals surface area contributed by atoms with Crippen molar-refractivity contribution in [2.75, 3.05) is 0 Å². The molecule has 2 heterocycles. The molecular weight excluding hydrogens is 287 g/mol. The van der Waals surface area contributed by atoms with E-state index >= 15 is 0 Å². The second-order valence-electron chi connectivity index (χ2n) is 6.60. The van der Waals surface area contributed by atoms with E-state index in [4.69, 9.17) is 13.7 Å². The van der Waals surface area contributed by atoms with Gasteiger partial charge in [0, 0.05) is 10.9 Å². The maximum atomic E-state index is 6.06. The van der Waals surface area contributed by atoms with Crippen LogP contribution >= 0.6 is 0 Å². The molecule has 116 valence electrons. The summed E-state index contributed by atoms with van der Waals surface area (Å²) in [6.07, 6.45) is 1.87. The topological polar surface area (TPSA) is 31.6 Å². The van der Waals surface area contributed by atoms with E-state index in [0.29, 0.717) is 0 Å². The third-order valence-corrected chi connectivity index (χ3v) is 4.67. The second kappa shape index (κ2) is 5.26. The monoisotopic (exact) mass is 306 g/mol. The minimum Gasteiger partial charge on any atom is -0.464 e. The molecule has 1 unspecified atom stereocenters. The number of rotatable bonds is 2. The van der Waals surface area contributed by atoms with Crippen LogP contribution in [0.3, 0.4) is 0 Å². The minimum absolute atomic E-state index is 0.0610. The molecule has 23 heavy (non-hydrogen) atoms. The first kappa shape index (κ1) is 14.6. The van der Waals surface area contributed by atoms with E-state index in [0.717, 1.165) is 27.6 Å². The van der Waals surface area contributed by atoms with Gasteiger partial charge in [-0.25, -0.2) is 0 Å². The van der Waals surface area contributed by atoms with Crippen LogP contribution in [0.2, 0.25) is 0 Å². The molecule has 0 radical (unpaired) electrons. The zero-order valence-corrected chi connectivity index (χ0v) is 13.6. The number of para-hydroxylation sites is 1. The van der Waals surface area contributed by atoms with Crippen molar-refractivity contribution in [3.8, 4) is 11.1 Å². The summed E-state index contributed by atoms with van der Waals surface area (Å²) in [7, 11) is -0.321. The molecule has 0 spiro atoms. The van der Waals surface area contributed by atoms with Gasteiger partial charge in [-0.05, 0) is 37.9 Å². The summed E-state index contributed by atoms with van der Waals surface area (Å²) in [6, 6.07) is 16.4. The average molecular weight is 306 g/mol. The molecule has 1 atom stereocenters. The molecule has 0 amide bonds. The lowest BCUT2D eigenvalue weighted by Gasteiger charge is -2.21. The molecule has 1 aliphatic heterocycles. The summed E-state index contributed by atoms with van der Waals surface area (Å²) in [5, 5.41) is 1.12. The molecule has 0 saturated carbocycles. The van der Waals surface area contributed by atoms with E-state index in [1.165, 1.54) is 0 Å². The minimum atomic E-state index is -0.321. The van der Waals surface area contributed by atoms with Crippen molar-refractivity contribution in [2.45, 2.75) is 32.5 Å². The molecule has 1 aliphatic rings. The van der Waals surface area contributed by atoms with Crippen molar-refractivity contribution < 1.29 is 13.7 Å². The van der Waals surface area contributed by atoms with Gasteiger partial charge in [0.25, 0.3) is 0 Å². The van der Waals surface area contributed by atoms with Crippen LogP contribution in [-0.4, -0.2) is 18.8 Å². The van der Waals surface area contributed by atoms with Crippen molar-refractivity contribution in [3.05, 3.63) is 54.8 Å². The molecule has 4 rings (SSSR count). The summed E-state index contributed by atoms with van der Waals surface area (Å²) in [4.78, 5) is 0. The lowest BCUT2D eigenvalue weighted by Crippen LogP contribution is -2.34.